The van der Waals surface area contributed by atoms with Gasteiger partial charge in [0.25, 0.3) is 0 Å². The molecule has 2 heterocycles. The molecule has 1 saturated heterocycles. The number of hydrogen-bond acceptors (Lipinski definition) is 3. The van der Waals surface area contributed by atoms with Crippen LogP contribution in [0.15, 0.2) is 48.8 Å². The third kappa shape index (κ3) is 4.49. The summed E-state index contributed by atoms with van der Waals surface area (Å²) in [5.74, 6) is -0.908. The number of benzene rings is 1. The van der Waals surface area contributed by atoms with Crippen LogP contribution < -0.4 is 4.90 Å². The van der Waals surface area contributed by atoms with Crippen LogP contribution >= 0.6 is 0 Å². The molecule has 5 nitrogen and oxygen atoms in total. The lowest BCUT2D eigenvalue weighted by molar-refractivity contribution is -0.137. The summed E-state index contributed by atoms with van der Waals surface area (Å²) in [7, 11) is 1.69. The molecular formula is C20H20F3N3O2. The number of aromatic nitrogens is 1. The van der Waals surface area contributed by atoms with Crippen molar-refractivity contribution in [3.8, 4) is 0 Å². The zero-order valence-corrected chi connectivity index (χ0v) is 15.3. The summed E-state index contributed by atoms with van der Waals surface area (Å²) < 4.78 is 38.1. The smallest absolute Gasteiger partial charge is 0.345 e. The van der Waals surface area contributed by atoms with Gasteiger partial charge >= 0.3 is 6.18 Å². The van der Waals surface area contributed by atoms with E-state index < -0.39 is 17.7 Å². The Labute approximate surface area is 160 Å². The Morgan fingerprint density at radius 3 is 2.43 bits per heavy atom. The average molecular weight is 391 g/mol. The molecule has 1 unspecified atom stereocenters. The van der Waals surface area contributed by atoms with Crippen molar-refractivity contribution in [2.75, 3.05) is 25.0 Å². The van der Waals surface area contributed by atoms with Crippen molar-refractivity contribution in [2.24, 2.45) is 5.92 Å². The molecule has 1 aromatic heterocycles. The van der Waals surface area contributed by atoms with E-state index in [0.29, 0.717) is 18.7 Å². The molecule has 0 aliphatic carbocycles. The van der Waals surface area contributed by atoms with Gasteiger partial charge in [0.1, 0.15) is 0 Å². The van der Waals surface area contributed by atoms with Gasteiger partial charge in [0, 0.05) is 44.6 Å². The second kappa shape index (κ2) is 8.00. The summed E-state index contributed by atoms with van der Waals surface area (Å²) in [6.45, 7) is 0.677. The van der Waals surface area contributed by atoms with Crippen LogP contribution in [0.1, 0.15) is 17.5 Å². The molecule has 2 amide bonds. The van der Waals surface area contributed by atoms with Crippen LogP contribution in [0.3, 0.4) is 0 Å². The van der Waals surface area contributed by atoms with Gasteiger partial charge in [-0.15, -0.1) is 0 Å². The van der Waals surface area contributed by atoms with Gasteiger partial charge in [-0.25, -0.2) is 0 Å². The van der Waals surface area contributed by atoms with Crippen molar-refractivity contribution in [2.45, 2.75) is 19.0 Å². The van der Waals surface area contributed by atoms with E-state index >= 15 is 0 Å². The fraction of sp³-hybridized carbons (Fsp3) is 0.350. The fourth-order valence-electron chi connectivity index (χ4n) is 3.22. The number of rotatable bonds is 5. The molecule has 3 rings (SSSR count). The van der Waals surface area contributed by atoms with Crippen molar-refractivity contribution in [1.29, 1.82) is 0 Å². The predicted octanol–water partition coefficient (Wildman–Crippen LogP) is 3.15. The van der Waals surface area contributed by atoms with E-state index in [9.17, 15) is 22.8 Å². The minimum absolute atomic E-state index is 0.0550. The normalized spacial score (nSPS) is 17.1. The van der Waals surface area contributed by atoms with Crippen LogP contribution in [0.5, 0.6) is 0 Å². The first kappa shape index (κ1) is 19.9. The molecule has 0 spiro atoms. The average Bonchev–Trinajstić information content (AvgIpc) is 3.07. The fourth-order valence-corrected chi connectivity index (χ4v) is 3.22. The molecule has 28 heavy (non-hydrogen) atoms. The van der Waals surface area contributed by atoms with Gasteiger partial charge in [-0.05, 0) is 48.4 Å². The lowest BCUT2D eigenvalue weighted by atomic mass is 10.1. The summed E-state index contributed by atoms with van der Waals surface area (Å²) in [5.41, 5.74) is 0.655. The molecule has 0 saturated carbocycles. The van der Waals surface area contributed by atoms with E-state index in [4.69, 9.17) is 0 Å². The molecule has 8 heteroatoms. The summed E-state index contributed by atoms with van der Waals surface area (Å²) >= 11 is 0. The Balaban J connectivity index is 1.61. The van der Waals surface area contributed by atoms with Crippen LogP contribution in [-0.4, -0.2) is 41.8 Å². The second-order valence-electron chi connectivity index (χ2n) is 6.82. The standard InChI is InChI=1S/C20H20F3N3O2/c1-25(11-8-14-6-9-24-10-7-14)19(28)15-12-18(27)26(13-15)17-4-2-16(3-5-17)20(21,22)23/h2-7,9-10,15H,8,11-13H2,1H3. The number of carbonyl (C=O) groups is 2. The van der Waals surface area contributed by atoms with E-state index in [1.54, 1.807) is 24.3 Å². The summed E-state index contributed by atoms with van der Waals surface area (Å²) in [6, 6.07) is 8.17. The number of amides is 2. The number of alkyl halides is 3. The Morgan fingerprint density at radius 2 is 1.82 bits per heavy atom. The van der Waals surface area contributed by atoms with Gasteiger partial charge in [0.2, 0.25) is 11.8 Å². The van der Waals surface area contributed by atoms with Gasteiger partial charge in [0.15, 0.2) is 0 Å². The Bertz CT molecular complexity index is 838. The monoisotopic (exact) mass is 391 g/mol. The second-order valence-corrected chi connectivity index (χ2v) is 6.82. The van der Waals surface area contributed by atoms with Crippen molar-refractivity contribution in [3.05, 3.63) is 59.9 Å². The molecule has 1 aromatic carbocycles. The van der Waals surface area contributed by atoms with E-state index in [0.717, 1.165) is 17.7 Å². The Kier molecular flexibility index (Phi) is 5.67. The van der Waals surface area contributed by atoms with Crippen LogP contribution in [0, 0.1) is 5.92 Å². The zero-order chi connectivity index (χ0) is 20.3. The molecule has 1 aliphatic rings. The van der Waals surface area contributed by atoms with E-state index in [1.165, 1.54) is 17.0 Å². The largest absolute Gasteiger partial charge is 0.416 e. The maximum atomic E-state index is 12.7. The van der Waals surface area contributed by atoms with Gasteiger partial charge < -0.3 is 9.80 Å². The number of halogens is 3. The number of hydrogen-bond donors (Lipinski definition) is 0. The molecule has 1 aliphatic heterocycles. The highest BCUT2D eigenvalue weighted by Crippen LogP contribution is 2.32. The molecule has 1 atom stereocenters. The van der Waals surface area contributed by atoms with Crippen molar-refractivity contribution in [1.82, 2.24) is 9.88 Å². The van der Waals surface area contributed by atoms with E-state index in [1.807, 2.05) is 12.1 Å². The lowest BCUT2D eigenvalue weighted by Gasteiger charge is -2.21. The number of pyridine rings is 1. The summed E-state index contributed by atoms with van der Waals surface area (Å²) in [5, 5.41) is 0. The molecule has 148 valence electrons. The zero-order valence-electron chi connectivity index (χ0n) is 15.3. The maximum absolute atomic E-state index is 12.7. The first-order chi connectivity index (χ1) is 13.3. The van der Waals surface area contributed by atoms with Gasteiger partial charge in [-0.3, -0.25) is 14.6 Å². The highest BCUT2D eigenvalue weighted by atomic mass is 19.4. The number of likely N-dealkylation sites (N-methyl/N-ethyl adjacent to an activating group) is 1. The highest BCUT2D eigenvalue weighted by molar-refractivity contribution is 6.00. The van der Waals surface area contributed by atoms with E-state index in [-0.39, 0.29) is 24.8 Å². The number of nitrogens with zero attached hydrogens (tertiary/aromatic N) is 3. The summed E-state index contributed by atoms with van der Waals surface area (Å²) in [6.07, 6.45) is -0.319. The van der Waals surface area contributed by atoms with Crippen LogP contribution in [-0.2, 0) is 22.2 Å². The van der Waals surface area contributed by atoms with Gasteiger partial charge in [-0.2, -0.15) is 13.2 Å². The van der Waals surface area contributed by atoms with Gasteiger partial charge in [0.05, 0.1) is 11.5 Å². The van der Waals surface area contributed by atoms with Crippen molar-refractivity contribution >= 4 is 17.5 Å². The Hall–Kier alpha value is -2.90. The molecule has 1 fully saturated rings. The molecule has 2 aromatic rings. The minimum atomic E-state index is -4.43. The van der Waals surface area contributed by atoms with Crippen LogP contribution in [0.25, 0.3) is 0 Å². The number of carbonyl (C=O) groups excluding carboxylic acids is 2. The van der Waals surface area contributed by atoms with Crippen molar-refractivity contribution in [3.63, 3.8) is 0 Å². The molecule has 0 radical (unpaired) electrons. The molecule has 0 bridgehead atoms. The minimum Gasteiger partial charge on any atom is -0.345 e. The topological polar surface area (TPSA) is 53.5 Å². The van der Waals surface area contributed by atoms with E-state index in [2.05, 4.69) is 4.98 Å². The van der Waals surface area contributed by atoms with Crippen LogP contribution in [0.2, 0.25) is 0 Å². The Morgan fingerprint density at radius 1 is 1.18 bits per heavy atom. The van der Waals surface area contributed by atoms with Gasteiger partial charge in [-0.1, -0.05) is 0 Å². The summed E-state index contributed by atoms with van der Waals surface area (Å²) in [4.78, 5) is 31.9. The first-order valence-corrected chi connectivity index (χ1v) is 8.87. The first-order valence-electron chi connectivity index (χ1n) is 8.87. The third-order valence-corrected chi connectivity index (χ3v) is 4.84. The maximum Gasteiger partial charge on any atom is 0.416 e. The lowest BCUT2D eigenvalue weighted by Crippen LogP contribution is -2.36. The highest BCUT2D eigenvalue weighted by Gasteiger charge is 2.37. The van der Waals surface area contributed by atoms with Crippen molar-refractivity contribution < 1.29 is 22.8 Å². The number of anilines is 1. The van der Waals surface area contributed by atoms with Crippen LogP contribution in [0.4, 0.5) is 18.9 Å². The molecular weight excluding hydrogens is 371 g/mol. The quantitative estimate of drug-likeness (QED) is 0.787. The molecule has 0 N–H and O–H groups in total. The SMILES string of the molecule is CN(CCc1ccncc1)C(=O)C1CC(=O)N(c2ccc(C(F)(F)F)cc2)C1. The third-order valence-electron chi connectivity index (χ3n) is 4.84. The predicted molar refractivity (Wildman–Crippen MR) is 97.5 cm³/mol.